The molecule has 0 aromatic heterocycles. The summed E-state index contributed by atoms with van der Waals surface area (Å²) in [6.45, 7) is 0. The van der Waals surface area contributed by atoms with Gasteiger partial charge in [-0.3, -0.25) is 0 Å². The number of fused-ring (bicyclic) bond motifs is 2. The van der Waals surface area contributed by atoms with Crippen LogP contribution in [0.4, 0.5) is 13.2 Å². The van der Waals surface area contributed by atoms with Crippen LogP contribution in [0, 0.1) is 0 Å². The van der Waals surface area contributed by atoms with E-state index in [0.717, 1.165) is 12.1 Å². The molecule has 2 rings (SSSR count). The highest BCUT2D eigenvalue weighted by Crippen LogP contribution is 2.25. The molecule has 2 unspecified atom stereocenters. The highest BCUT2D eigenvalue weighted by Gasteiger charge is 2.38. The zero-order valence-electron chi connectivity index (χ0n) is 8.18. The molecule has 2 aliphatic rings. The molecular formula is C9H14F3NO2. The molecule has 2 N–H and O–H groups in total. The van der Waals surface area contributed by atoms with Gasteiger partial charge in [0.2, 0.25) is 0 Å². The SMILES string of the molecule is C1CC2CCC(C1)N2.O=C(O)C(F)(F)F. The number of nitrogens with one attached hydrogen (secondary N) is 1. The number of hydrogen-bond donors (Lipinski definition) is 2. The molecular weight excluding hydrogens is 211 g/mol. The second-order valence-corrected chi connectivity index (χ2v) is 3.87. The van der Waals surface area contributed by atoms with Crippen molar-refractivity contribution in [3.8, 4) is 0 Å². The molecule has 2 aliphatic heterocycles. The first kappa shape index (κ1) is 12.3. The molecule has 0 aromatic rings. The standard InChI is InChI=1S/C7H13N.C2HF3O2/c1-2-6-4-5-7(3-1)8-6;3-2(4,5)1(6)7/h6-8H,1-5H2;(H,6,7). The molecule has 0 amide bonds. The first-order valence-corrected chi connectivity index (χ1v) is 4.96. The summed E-state index contributed by atoms with van der Waals surface area (Å²) in [6.07, 6.45) is 2.17. The molecule has 0 radical (unpaired) electrons. The molecule has 6 heteroatoms. The number of aliphatic carboxylic acids is 1. The molecule has 0 aliphatic carbocycles. The van der Waals surface area contributed by atoms with Crippen LogP contribution in [-0.2, 0) is 4.79 Å². The highest BCUT2D eigenvalue weighted by molar-refractivity contribution is 5.73. The van der Waals surface area contributed by atoms with E-state index in [1.54, 1.807) is 0 Å². The van der Waals surface area contributed by atoms with E-state index in [0.29, 0.717) is 0 Å². The molecule has 2 bridgehead atoms. The maximum Gasteiger partial charge on any atom is 0.490 e. The molecule has 3 nitrogen and oxygen atoms in total. The fourth-order valence-electron chi connectivity index (χ4n) is 1.97. The van der Waals surface area contributed by atoms with Gasteiger partial charge < -0.3 is 10.4 Å². The Bertz CT molecular complexity index is 216. The van der Waals surface area contributed by atoms with E-state index < -0.39 is 12.1 Å². The minimum atomic E-state index is -5.08. The van der Waals surface area contributed by atoms with Gasteiger partial charge in [0.05, 0.1) is 0 Å². The van der Waals surface area contributed by atoms with Crippen molar-refractivity contribution in [3.63, 3.8) is 0 Å². The largest absolute Gasteiger partial charge is 0.490 e. The van der Waals surface area contributed by atoms with E-state index in [2.05, 4.69) is 5.32 Å². The van der Waals surface area contributed by atoms with Gasteiger partial charge in [-0.05, 0) is 25.7 Å². The Labute approximate surface area is 85.7 Å². The Kier molecular flexibility index (Phi) is 3.96. The van der Waals surface area contributed by atoms with Crippen LogP contribution < -0.4 is 5.32 Å². The molecule has 0 spiro atoms. The Morgan fingerprint density at radius 3 is 1.80 bits per heavy atom. The zero-order valence-corrected chi connectivity index (χ0v) is 8.18. The van der Waals surface area contributed by atoms with Crippen molar-refractivity contribution >= 4 is 5.97 Å². The number of rotatable bonds is 0. The lowest BCUT2D eigenvalue weighted by atomic mass is 10.1. The van der Waals surface area contributed by atoms with Gasteiger partial charge in [0, 0.05) is 12.1 Å². The molecule has 0 aromatic carbocycles. The Balaban J connectivity index is 0.000000153. The third kappa shape index (κ3) is 4.07. The number of carboxylic acids is 1. The summed E-state index contributed by atoms with van der Waals surface area (Å²) >= 11 is 0. The average Bonchev–Trinajstić information content (AvgIpc) is 2.45. The van der Waals surface area contributed by atoms with Crippen LogP contribution in [0.1, 0.15) is 32.1 Å². The number of carbonyl (C=O) groups is 1. The van der Waals surface area contributed by atoms with Crippen LogP contribution in [-0.4, -0.2) is 29.3 Å². The van der Waals surface area contributed by atoms with Crippen molar-refractivity contribution in [2.45, 2.75) is 50.4 Å². The lowest BCUT2D eigenvalue weighted by molar-refractivity contribution is -0.192. The van der Waals surface area contributed by atoms with Gasteiger partial charge in [-0.2, -0.15) is 13.2 Å². The highest BCUT2D eigenvalue weighted by atomic mass is 19.4. The number of hydrogen-bond acceptors (Lipinski definition) is 2. The first-order valence-electron chi connectivity index (χ1n) is 4.96. The normalized spacial score (nSPS) is 29.3. The van der Waals surface area contributed by atoms with Crippen molar-refractivity contribution in [1.82, 2.24) is 5.32 Å². The third-order valence-corrected chi connectivity index (χ3v) is 2.68. The van der Waals surface area contributed by atoms with E-state index in [-0.39, 0.29) is 0 Å². The van der Waals surface area contributed by atoms with Gasteiger partial charge in [-0.25, -0.2) is 4.79 Å². The lowest BCUT2D eigenvalue weighted by Crippen LogP contribution is -2.33. The van der Waals surface area contributed by atoms with Crippen LogP contribution in [0.2, 0.25) is 0 Å². The summed E-state index contributed by atoms with van der Waals surface area (Å²) in [5.74, 6) is -2.76. The van der Waals surface area contributed by atoms with Crippen LogP contribution >= 0.6 is 0 Å². The van der Waals surface area contributed by atoms with E-state index in [9.17, 15) is 13.2 Å². The van der Waals surface area contributed by atoms with Gasteiger partial charge in [-0.15, -0.1) is 0 Å². The van der Waals surface area contributed by atoms with Gasteiger partial charge >= 0.3 is 12.1 Å². The Morgan fingerprint density at radius 2 is 1.53 bits per heavy atom. The van der Waals surface area contributed by atoms with Crippen LogP contribution in [0.5, 0.6) is 0 Å². The number of halogens is 3. The molecule has 0 saturated carbocycles. The predicted octanol–water partition coefficient (Wildman–Crippen LogP) is 1.92. The predicted molar refractivity (Wildman–Crippen MR) is 47.5 cm³/mol. The van der Waals surface area contributed by atoms with Crippen LogP contribution in [0.25, 0.3) is 0 Å². The molecule has 15 heavy (non-hydrogen) atoms. The lowest BCUT2D eigenvalue weighted by Gasteiger charge is -2.19. The van der Waals surface area contributed by atoms with Crippen molar-refractivity contribution in [2.75, 3.05) is 0 Å². The minimum Gasteiger partial charge on any atom is -0.475 e. The Morgan fingerprint density at radius 1 is 1.13 bits per heavy atom. The average molecular weight is 225 g/mol. The van der Waals surface area contributed by atoms with Gasteiger partial charge in [0.15, 0.2) is 0 Å². The summed E-state index contributed by atoms with van der Waals surface area (Å²) in [7, 11) is 0. The molecule has 2 saturated heterocycles. The second kappa shape index (κ2) is 4.83. The fraction of sp³-hybridized carbons (Fsp3) is 0.889. The van der Waals surface area contributed by atoms with E-state index in [1.807, 2.05) is 0 Å². The molecule has 2 fully saturated rings. The molecule has 2 heterocycles. The van der Waals surface area contributed by atoms with Crippen LogP contribution in [0.3, 0.4) is 0 Å². The van der Waals surface area contributed by atoms with Crippen LogP contribution in [0.15, 0.2) is 0 Å². The number of carboxylic acid groups (broad SMARTS) is 1. The quantitative estimate of drug-likeness (QED) is 0.662. The minimum absolute atomic E-state index is 0.911. The third-order valence-electron chi connectivity index (χ3n) is 2.68. The maximum atomic E-state index is 10.6. The monoisotopic (exact) mass is 225 g/mol. The van der Waals surface area contributed by atoms with Gasteiger partial charge in [0.25, 0.3) is 0 Å². The van der Waals surface area contributed by atoms with E-state index >= 15 is 0 Å². The van der Waals surface area contributed by atoms with E-state index in [4.69, 9.17) is 9.90 Å². The van der Waals surface area contributed by atoms with Gasteiger partial charge in [0.1, 0.15) is 0 Å². The summed E-state index contributed by atoms with van der Waals surface area (Å²) in [5.41, 5.74) is 0. The molecule has 88 valence electrons. The summed E-state index contributed by atoms with van der Waals surface area (Å²) < 4.78 is 31.7. The molecule has 2 atom stereocenters. The fourth-order valence-corrected chi connectivity index (χ4v) is 1.97. The topological polar surface area (TPSA) is 49.3 Å². The smallest absolute Gasteiger partial charge is 0.475 e. The maximum absolute atomic E-state index is 10.6. The summed E-state index contributed by atoms with van der Waals surface area (Å²) in [6, 6.07) is 1.82. The van der Waals surface area contributed by atoms with Crippen molar-refractivity contribution in [1.29, 1.82) is 0 Å². The van der Waals surface area contributed by atoms with Crippen molar-refractivity contribution in [3.05, 3.63) is 0 Å². The number of piperidine rings is 1. The summed E-state index contributed by atoms with van der Waals surface area (Å²) in [4.78, 5) is 8.90. The van der Waals surface area contributed by atoms with E-state index in [1.165, 1.54) is 32.1 Å². The van der Waals surface area contributed by atoms with Crippen molar-refractivity contribution < 1.29 is 23.1 Å². The first-order chi connectivity index (χ1) is 6.89. The van der Waals surface area contributed by atoms with Crippen molar-refractivity contribution in [2.24, 2.45) is 0 Å². The van der Waals surface area contributed by atoms with Gasteiger partial charge in [-0.1, -0.05) is 6.42 Å². The number of alkyl halides is 3. The second-order valence-electron chi connectivity index (χ2n) is 3.87. The Hall–Kier alpha value is -0.780. The zero-order chi connectivity index (χ0) is 11.5. The summed E-state index contributed by atoms with van der Waals surface area (Å²) in [5, 5.41) is 10.7.